The number of hydrogen-bond acceptors (Lipinski definition) is 5. The fraction of sp³-hybridized carbons (Fsp3) is 0.357. The van der Waals surface area contributed by atoms with Crippen molar-refractivity contribution in [2.45, 2.75) is 24.8 Å². The highest BCUT2D eigenvalue weighted by atomic mass is 32.2. The first-order valence-electron chi connectivity index (χ1n) is 6.52. The first-order chi connectivity index (χ1) is 9.80. The minimum absolute atomic E-state index is 0.0532. The Morgan fingerprint density at radius 1 is 1.24 bits per heavy atom. The molecule has 0 spiro atoms. The van der Waals surface area contributed by atoms with E-state index in [1.54, 1.807) is 6.07 Å². The Bertz CT molecular complexity index is 705. The van der Waals surface area contributed by atoms with Crippen LogP contribution in [0.5, 0.6) is 0 Å². The summed E-state index contributed by atoms with van der Waals surface area (Å²) < 4.78 is 30.6. The van der Waals surface area contributed by atoms with E-state index in [9.17, 15) is 8.42 Å². The van der Waals surface area contributed by atoms with Crippen molar-refractivity contribution in [2.75, 3.05) is 19.4 Å². The van der Waals surface area contributed by atoms with Crippen molar-refractivity contribution in [3.63, 3.8) is 0 Å². The van der Waals surface area contributed by atoms with Crippen molar-refractivity contribution >= 4 is 15.8 Å². The molecule has 1 N–H and O–H groups in total. The molecule has 7 heteroatoms. The minimum atomic E-state index is -3.45. The van der Waals surface area contributed by atoms with E-state index in [1.165, 1.54) is 26.4 Å². The van der Waals surface area contributed by atoms with Crippen LogP contribution in [-0.2, 0) is 10.0 Å². The third kappa shape index (κ3) is 3.43. The van der Waals surface area contributed by atoms with Gasteiger partial charge in [-0.05, 0) is 38.1 Å². The molecule has 2 heterocycles. The van der Waals surface area contributed by atoms with Crippen LogP contribution >= 0.6 is 0 Å². The SMILES string of the molecule is Cc1ccc(C(C)Nc2ccc(S(=O)(=O)N(C)C)cn2)o1. The van der Waals surface area contributed by atoms with E-state index >= 15 is 0 Å². The van der Waals surface area contributed by atoms with Crippen LogP contribution in [0.3, 0.4) is 0 Å². The van der Waals surface area contributed by atoms with E-state index in [0.717, 1.165) is 15.8 Å². The molecule has 0 aliphatic rings. The molecule has 0 amide bonds. The van der Waals surface area contributed by atoms with Gasteiger partial charge in [-0.2, -0.15) is 0 Å². The largest absolute Gasteiger partial charge is 0.464 e. The molecular formula is C14H19N3O3S. The Labute approximate surface area is 124 Å². The molecule has 0 aliphatic heterocycles. The Balaban J connectivity index is 2.13. The Morgan fingerprint density at radius 3 is 2.43 bits per heavy atom. The second-order valence-electron chi connectivity index (χ2n) is 4.98. The van der Waals surface area contributed by atoms with Gasteiger partial charge in [0.2, 0.25) is 10.0 Å². The number of furan rings is 1. The van der Waals surface area contributed by atoms with Crippen LogP contribution in [-0.4, -0.2) is 31.8 Å². The van der Waals surface area contributed by atoms with Crippen LogP contribution < -0.4 is 5.32 Å². The predicted octanol–water partition coefficient (Wildman–Crippen LogP) is 2.41. The van der Waals surface area contributed by atoms with Gasteiger partial charge in [0.1, 0.15) is 22.2 Å². The van der Waals surface area contributed by atoms with Gasteiger partial charge in [0.25, 0.3) is 0 Å². The number of pyridine rings is 1. The molecule has 0 aromatic carbocycles. The van der Waals surface area contributed by atoms with Gasteiger partial charge in [-0.25, -0.2) is 17.7 Å². The lowest BCUT2D eigenvalue weighted by Gasteiger charge is -2.14. The summed E-state index contributed by atoms with van der Waals surface area (Å²) in [6.07, 6.45) is 1.35. The van der Waals surface area contributed by atoms with Gasteiger partial charge >= 0.3 is 0 Å². The van der Waals surface area contributed by atoms with Crippen molar-refractivity contribution in [3.8, 4) is 0 Å². The number of nitrogens with zero attached hydrogens (tertiary/aromatic N) is 2. The first kappa shape index (κ1) is 15.5. The molecule has 1 unspecified atom stereocenters. The van der Waals surface area contributed by atoms with Gasteiger partial charge in [-0.15, -0.1) is 0 Å². The number of aromatic nitrogens is 1. The van der Waals surface area contributed by atoms with E-state index in [2.05, 4.69) is 10.3 Å². The van der Waals surface area contributed by atoms with Gasteiger partial charge in [0.05, 0.1) is 6.04 Å². The highest BCUT2D eigenvalue weighted by molar-refractivity contribution is 7.89. The summed E-state index contributed by atoms with van der Waals surface area (Å²) in [7, 11) is -0.469. The average molecular weight is 309 g/mol. The molecular weight excluding hydrogens is 290 g/mol. The number of aryl methyl sites for hydroxylation is 1. The summed E-state index contributed by atoms with van der Waals surface area (Å²) in [5.41, 5.74) is 0. The average Bonchev–Trinajstić information content (AvgIpc) is 2.86. The molecule has 21 heavy (non-hydrogen) atoms. The number of sulfonamides is 1. The lowest BCUT2D eigenvalue weighted by atomic mass is 10.2. The molecule has 2 rings (SSSR count). The number of hydrogen-bond donors (Lipinski definition) is 1. The van der Waals surface area contributed by atoms with Crippen molar-refractivity contribution < 1.29 is 12.8 Å². The predicted molar refractivity (Wildman–Crippen MR) is 80.6 cm³/mol. The summed E-state index contributed by atoms with van der Waals surface area (Å²) >= 11 is 0. The van der Waals surface area contributed by atoms with Crippen LogP contribution in [0.4, 0.5) is 5.82 Å². The second kappa shape index (κ2) is 5.87. The Morgan fingerprint density at radius 2 is 1.95 bits per heavy atom. The van der Waals surface area contributed by atoms with Crippen molar-refractivity contribution in [1.29, 1.82) is 0 Å². The fourth-order valence-electron chi connectivity index (χ4n) is 1.81. The molecule has 2 aromatic rings. The zero-order valence-electron chi connectivity index (χ0n) is 12.5. The maximum atomic E-state index is 11.9. The van der Waals surface area contributed by atoms with E-state index in [4.69, 9.17) is 4.42 Å². The van der Waals surface area contributed by atoms with Crippen LogP contribution in [0.1, 0.15) is 24.5 Å². The molecule has 0 fully saturated rings. The molecule has 0 saturated carbocycles. The highest BCUT2D eigenvalue weighted by Crippen LogP contribution is 2.21. The summed E-state index contributed by atoms with van der Waals surface area (Å²) in [6, 6.07) is 6.92. The van der Waals surface area contributed by atoms with Crippen LogP contribution in [0.2, 0.25) is 0 Å². The maximum Gasteiger partial charge on any atom is 0.244 e. The van der Waals surface area contributed by atoms with Crippen LogP contribution in [0.25, 0.3) is 0 Å². The maximum absolute atomic E-state index is 11.9. The molecule has 0 radical (unpaired) electrons. The third-order valence-electron chi connectivity index (χ3n) is 3.07. The second-order valence-corrected chi connectivity index (χ2v) is 7.13. The van der Waals surface area contributed by atoms with E-state index < -0.39 is 10.0 Å². The number of anilines is 1. The van der Waals surface area contributed by atoms with Gasteiger partial charge in [-0.1, -0.05) is 0 Å². The van der Waals surface area contributed by atoms with E-state index in [-0.39, 0.29) is 10.9 Å². The highest BCUT2D eigenvalue weighted by Gasteiger charge is 2.17. The molecule has 114 valence electrons. The molecule has 0 aliphatic carbocycles. The lowest BCUT2D eigenvalue weighted by Crippen LogP contribution is -2.22. The minimum Gasteiger partial charge on any atom is -0.464 e. The normalized spacial score (nSPS) is 13.4. The molecule has 0 bridgehead atoms. The van der Waals surface area contributed by atoms with Gasteiger partial charge in [0.15, 0.2) is 0 Å². The summed E-state index contributed by atoms with van der Waals surface area (Å²) in [5.74, 6) is 2.24. The third-order valence-corrected chi connectivity index (χ3v) is 4.87. The topological polar surface area (TPSA) is 75.4 Å². The number of rotatable bonds is 5. The Hall–Kier alpha value is -1.86. The standard InChI is InChI=1S/C14H19N3O3S/c1-10-5-7-13(20-10)11(2)16-14-8-6-12(9-15-14)21(18,19)17(3)4/h5-9,11H,1-4H3,(H,15,16). The molecule has 6 nitrogen and oxygen atoms in total. The summed E-state index contributed by atoms with van der Waals surface area (Å²) in [4.78, 5) is 4.31. The zero-order chi connectivity index (χ0) is 15.6. The quantitative estimate of drug-likeness (QED) is 0.918. The van der Waals surface area contributed by atoms with Crippen molar-refractivity contribution in [1.82, 2.24) is 9.29 Å². The summed E-state index contributed by atoms with van der Waals surface area (Å²) in [6.45, 7) is 3.83. The van der Waals surface area contributed by atoms with Gasteiger partial charge in [0, 0.05) is 20.3 Å². The zero-order valence-corrected chi connectivity index (χ0v) is 13.3. The lowest BCUT2D eigenvalue weighted by molar-refractivity contribution is 0.466. The van der Waals surface area contributed by atoms with Crippen LogP contribution in [0.15, 0.2) is 39.8 Å². The monoisotopic (exact) mass is 309 g/mol. The van der Waals surface area contributed by atoms with Gasteiger partial charge < -0.3 is 9.73 Å². The molecule has 2 aromatic heterocycles. The first-order valence-corrected chi connectivity index (χ1v) is 7.96. The van der Waals surface area contributed by atoms with Crippen molar-refractivity contribution in [2.24, 2.45) is 0 Å². The van der Waals surface area contributed by atoms with E-state index in [0.29, 0.717) is 5.82 Å². The number of nitrogens with one attached hydrogen (secondary N) is 1. The smallest absolute Gasteiger partial charge is 0.244 e. The summed E-state index contributed by atoms with van der Waals surface area (Å²) in [5, 5.41) is 3.17. The Kier molecular flexibility index (Phi) is 4.34. The molecule has 0 saturated heterocycles. The van der Waals surface area contributed by atoms with E-state index in [1.807, 2.05) is 26.0 Å². The molecule has 1 atom stereocenters. The van der Waals surface area contributed by atoms with Crippen LogP contribution in [0, 0.1) is 6.92 Å². The fourth-order valence-corrected chi connectivity index (χ4v) is 2.66. The van der Waals surface area contributed by atoms with Crippen molar-refractivity contribution in [3.05, 3.63) is 42.0 Å². The van der Waals surface area contributed by atoms with Gasteiger partial charge in [-0.3, -0.25) is 0 Å².